The van der Waals surface area contributed by atoms with Crippen LogP contribution in [0.4, 0.5) is 4.79 Å². The summed E-state index contributed by atoms with van der Waals surface area (Å²) in [6, 6.07) is 5.41. The van der Waals surface area contributed by atoms with Crippen molar-refractivity contribution in [2.75, 3.05) is 26.7 Å². The number of carbonyl (C=O) groups excluding carboxylic acids is 1. The van der Waals surface area contributed by atoms with Crippen molar-refractivity contribution in [2.45, 2.75) is 45.4 Å². The molecule has 0 fully saturated rings. The van der Waals surface area contributed by atoms with Gasteiger partial charge in [-0.25, -0.2) is 13.2 Å². The lowest BCUT2D eigenvalue weighted by Gasteiger charge is -2.33. The standard InChI is InChI=1S/C19H33N3O4S/c1-15(2)13-22(27(25,26)17-9-7-16(23)8-10-17)14-19(3,4)11-6-12-21-18(24)20-5/h7-10,15,23H,6,11-14H2,1-5H3,(H2,20,21,24). The molecule has 154 valence electrons. The van der Waals surface area contributed by atoms with E-state index in [1.807, 2.05) is 27.7 Å². The predicted molar refractivity (Wildman–Crippen MR) is 107 cm³/mol. The Morgan fingerprint density at radius 2 is 1.81 bits per heavy atom. The first-order valence-electron chi connectivity index (χ1n) is 9.23. The third-order valence-corrected chi connectivity index (χ3v) is 6.02. The maximum absolute atomic E-state index is 13.1. The molecular weight excluding hydrogens is 366 g/mol. The van der Waals surface area contributed by atoms with Gasteiger partial charge in [-0.3, -0.25) is 0 Å². The van der Waals surface area contributed by atoms with E-state index in [4.69, 9.17) is 0 Å². The molecule has 0 bridgehead atoms. The van der Waals surface area contributed by atoms with Crippen LogP contribution < -0.4 is 10.6 Å². The molecule has 0 saturated carbocycles. The summed E-state index contributed by atoms with van der Waals surface area (Å²) in [6.45, 7) is 9.38. The summed E-state index contributed by atoms with van der Waals surface area (Å²) in [4.78, 5) is 11.4. The van der Waals surface area contributed by atoms with Crippen LogP contribution >= 0.6 is 0 Å². The minimum absolute atomic E-state index is 0.0355. The number of urea groups is 1. The Bertz CT molecular complexity index is 700. The first-order valence-corrected chi connectivity index (χ1v) is 10.7. The van der Waals surface area contributed by atoms with Crippen molar-refractivity contribution in [3.05, 3.63) is 24.3 Å². The Balaban J connectivity index is 2.86. The third-order valence-electron chi connectivity index (χ3n) is 4.19. The van der Waals surface area contributed by atoms with Crippen molar-refractivity contribution < 1.29 is 18.3 Å². The van der Waals surface area contributed by atoms with Gasteiger partial charge in [0, 0.05) is 26.7 Å². The molecule has 0 atom stereocenters. The molecule has 0 aliphatic rings. The minimum atomic E-state index is -3.65. The summed E-state index contributed by atoms with van der Waals surface area (Å²) in [5.41, 5.74) is -0.247. The number of rotatable bonds is 10. The molecule has 3 N–H and O–H groups in total. The molecule has 1 rings (SSSR count). The highest BCUT2D eigenvalue weighted by atomic mass is 32.2. The number of phenolic OH excluding ortho intramolecular Hbond substituents is 1. The number of hydrogen-bond donors (Lipinski definition) is 3. The zero-order valence-electron chi connectivity index (χ0n) is 16.9. The second-order valence-corrected chi connectivity index (χ2v) is 9.90. The van der Waals surface area contributed by atoms with E-state index in [9.17, 15) is 18.3 Å². The van der Waals surface area contributed by atoms with Gasteiger partial charge in [0.25, 0.3) is 0 Å². The van der Waals surface area contributed by atoms with E-state index in [0.29, 0.717) is 19.6 Å². The van der Waals surface area contributed by atoms with E-state index in [0.717, 1.165) is 12.8 Å². The second-order valence-electron chi connectivity index (χ2n) is 7.96. The van der Waals surface area contributed by atoms with Crippen LogP contribution in [0.5, 0.6) is 5.75 Å². The molecule has 0 aliphatic heterocycles. The fourth-order valence-corrected chi connectivity index (χ4v) is 4.63. The van der Waals surface area contributed by atoms with Crippen LogP contribution in [0.2, 0.25) is 0 Å². The minimum Gasteiger partial charge on any atom is -0.508 e. The monoisotopic (exact) mass is 399 g/mol. The number of hydrogen-bond acceptors (Lipinski definition) is 4. The number of nitrogens with one attached hydrogen (secondary N) is 2. The Hall–Kier alpha value is -1.80. The summed E-state index contributed by atoms with van der Waals surface area (Å²) in [7, 11) is -2.08. The van der Waals surface area contributed by atoms with Gasteiger partial charge in [-0.2, -0.15) is 4.31 Å². The SMILES string of the molecule is CNC(=O)NCCCC(C)(C)CN(CC(C)C)S(=O)(=O)c1ccc(O)cc1. The smallest absolute Gasteiger partial charge is 0.314 e. The summed E-state index contributed by atoms with van der Waals surface area (Å²) in [6.07, 6.45) is 1.53. The number of benzene rings is 1. The average molecular weight is 400 g/mol. The van der Waals surface area contributed by atoms with Gasteiger partial charge in [-0.1, -0.05) is 27.7 Å². The number of nitrogens with zero attached hydrogens (tertiary/aromatic N) is 1. The van der Waals surface area contributed by atoms with Crippen LogP contribution in [0.25, 0.3) is 0 Å². The van der Waals surface area contributed by atoms with E-state index in [-0.39, 0.29) is 28.0 Å². The largest absolute Gasteiger partial charge is 0.508 e. The zero-order chi connectivity index (χ0) is 20.7. The fraction of sp³-hybridized carbons (Fsp3) is 0.632. The van der Waals surface area contributed by atoms with Gasteiger partial charge in [0.1, 0.15) is 5.75 Å². The average Bonchev–Trinajstić information content (AvgIpc) is 2.57. The number of amides is 2. The van der Waals surface area contributed by atoms with Crippen LogP contribution in [0.3, 0.4) is 0 Å². The highest BCUT2D eigenvalue weighted by Gasteiger charge is 2.31. The lowest BCUT2D eigenvalue weighted by molar-refractivity contribution is 0.223. The Morgan fingerprint density at radius 3 is 2.33 bits per heavy atom. The first-order chi connectivity index (χ1) is 12.5. The molecule has 0 spiro atoms. The molecule has 0 saturated heterocycles. The van der Waals surface area contributed by atoms with E-state index < -0.39 is 10.0 Å². The predicted octanol–water partition coefficient (Wildman–Crippen LogP) is 2.77. The third kappa shape index (κ3) is 7.76. The van der Waals surface area contributed by atoms with Crippen LogP contribution in [0.1, 0.15) is 40.5 Å². The molecule has 1 aromatic rings. The normalized spacial score (nSPS) is 12.4. The molecule has 1 aromatic carbocycles. The second kappa shape index (κ2) is 9.94. The first kappa shape index (κ1) is 23.2. The molecule has 0 heterocycles. The molecule has 0 aliphatic carbocycles. The van der Waals surface area contributed by atoms with Crippen LogP contribution in [-0.2, 0) is 10.0 Å². The van der Waals surface area contributed by atoms with Crippen molar-refractivity contribution in [1.82, 2.24) is 14.9 Å². The molecular formula is C19H33N3O4S. The molecule has 0 radical (unpaired) electrons. The van der Waals surface area contributed by atoms with Gasteiger partial charge in [0.15, 0.2) is 0 Å². The summed E-state index contributed by atoms with van der Waals surface area (Å²) >= 11 is 0. The van der Waals surface area contributed by atoms with Crippen molar-refractivity contribution in [3.8, 4) is 5.75 Å². The van der Waals surface area contributed by atoms with Gasteiger partial charge in [0.2, 0.25) is 10.0 Å². The number of carbonyl (C=O) groups is 1. The Labute approximate surface area is 163 Å². The molecule has 8 heteroatoms. The summed E-state index contributed by atoms with van der Waals surface area (Å²) < 4.78 is 27.7. The molecule has 0 aromatic heterocycles. The topological polar surface area (TPSA) is 98.7 Å². The van der Waals surface area contributed by atoms with Gasteiger partial charge >= 0.3 is 6.03 Å². The quantitative estimate of drug-likeness (QED) is 0.527. The molecule has 7 nitrogen and oxygen atoms in total. The van der Waals surface area contributed by atoms with Gasteiger partial charge in [0.05, 0.1) is 4.90 Å². The van der Waals surface area contributed by atoms with Crippen LogP contribution in [-0.4, -0.2) is 50.5 Å². The molecule has 27 heavy (non-hydrogen) atoms. The lowest BCUT2D eigenvalue weighted by atomic mass is 9.87. The Morgan fingerprint density at radius 1 is 1.22 bits per heavy atom. The van der Waals surface area contributed by atoms with Gasteiger partial charge < -0.3 is 15.7 Å². The van der Waals surface area contributed by atoms with E-state index >= 15 is 0 Å². The summed E-state index contributed by atoms with van der Waals surface area (Å²) in [5, 5.41) is 14.7. The van der Waals surface area contributed by atoms with Crippen molar-refractivity contribution >= 4 is 16.1 Å². The van der Waals surface area contributed by atoms with Crippen molar-refractivity contribution in [2.24, 2.45) is 11.3 Å². The zero-order valence-corrected chi connectivity index (χ0v) is 17.8. The lowest BCUT2D eigenvalue weighted by Crippen LogP contribution is -2.41. The van der Waals surface area contributed by atoms with Gasteiger partial charge in [-0.15, -0.1) is 0 Å². The number of phenols is 1. The van der Waals surface area contributed by atoms with Crippen LogP contribution in [0.15, 0.2) is 29.2 Å². The Kier molecular flexibility index (Phi) is 8.56. The van der Waals surface area contributed by atoms with Crippen LogP contribution in [0, 0.1) is 11.3 Å². The maximum Gasteiger partial charge on any atom is 0.314 e. The number of aromatic hydroxyl groups is 1. The van der Waals surface area contributed by atoms with E-state index in [1.54, 1.807) is 7.05 Å². The fourth-order valence-electron chi connectivity index (χ4n) is 2.84. The van der Waals surface area contributed by atoms with Crippen molar-refractivity contribution in [3.63, 3.8) is 0 Å². The maximum atomic E-state index is 13.1. The highest BCUT2D eigenvalue weighted by molar-refractivity contribution is 7.89. The summed E-state index contributed by atoms with van der Waals surface area (Å²) in [5.74, 6) is 0.218. The van der Waals surface area contributed by atoms with Crippen molar-refractivity contribution in [1.29, 1.82) is 0 Å². The van der Waals surface area contributed by atoms with E-state index in [1.165, 1.54) is 28.6 Å². The number of sulfonamides is 1. The van der Waals surface area contributed by atoms with Gasteiger partial charge in [-0.05, 0) is 48.4 Å². The highest BCUT2D eigenvalue weighted by Crippen LogP contribution is 2.28. The molecule has 0 unspecified atom stereocenters. The molecule has 2 amide bonds. The van der Waals surface area contributed by atoms with E-state index in [2.05, 4.69) is 10.6 Å².